The number of amides is 1. The van der Waals surface area contributed by atoms with Gasteiger partial charge < -0.3 is 10.1 Å². The van der Waals surface area contributed by atoms with Gasteiger partial charge >= 0.3 is 5.97 Å². The maximum absolute atomic E-state index is 12.8. The minimum Gasteiger partial charge on any atom is -0.449 e. The summed E-state index contributed by atoms with van der Waals surface area (Å²) in [5.41, 5.74) is 0.733. The second-order valence-electron chi connectivity index (χ2n) is 4.99. The molecule has 0 aliphatic heterocycles. The van der Waals surface area contributed by atoms with E-state index in [0.29, 0.717) is 0 Å². The number of esters is 1. The molecule has 2 aromatic rings. The zero-order valence-electron chi connectivity index (χ0n) is 12.7. The Morgan fingerprint density at radius 1 is 1.12 bits per heavy atom. The molecule has 4 nitrogen and oxygen atoms in total. The van der Waals surface area contributed by atoms with Crippen molar-refractivity contribution in [2.75, 3.05) is 0 Å². The van der Waals surface area contributed by atoms with Crippen LogP contribution in [0.25, 0.3) is 0 Å². The molecular weight excluding hydrogens is 356 g/mol. The third-order valence-corrected chi connectivity index (χ3v) is 3.83. The average Bonchev–Trinajstić information content (AvgIpc) is 2.53. The number of benzene rings is 2. The van der Waals surface area contributed by atoms with E-state index in [1.165, 1.54) is 31.2 Å². The van der Waals surface area contributed by atoms with E-state index in [1.807, 2.05) is 0 Å². The predicted molar refractivity (Wildman–Crippen MR) is 89.6 cm³/mol. The fourth-order valence-corrected chi connectivity index (χ4v) is 2.45. The lowest BCUT2D eigenvalue weighted by atomic mass is 10.2. The highest BCUT2D eigenvalue weighted by atomic mass is 35.5. The Kier molecular flexibility index (Phi) is 6.17. The second kappa shape index (κ2) is 8.13. The molecule has 1 amide bonds. The van der Waals surface area contributed by atoms with Crippen molar-refractivity contribution in [2.24, 2.45) is 0 Å². The van der Waals surface area contributed by atoms with Gasteiger partial charge in [-0.1, -0.05) is 41.4 Å². The van der Waals surface area contributed by atoms with Gasteiger partial charge in [-0.2, -0.15) is 0 Å². The van der Waals surface area contributed by atoms with Gasteiger partial charge in [-0.3, -0.25) is 4.79 Å². The number of ether oxygens (including phenoxy) is 1. The zero-order chi connectivity index (χ0) is 17.7. The fraction of sp³-hybridized carbons (Fsp3) is 0.176. The van der Waals surface area contributed by atoms with Crippen LogP contribution in [0.3, 0.4) is 0 Å². The lowest BCUT2D eigenvalue weighted by Gasteiger charge is -2.14. The van der Waals surface area contributed by atoms with Crippen LogP contribution in [0.1, 0.15) is 22.8 Å². The van der Waals surface area contributed by atoms with Crippen LogP contribution in [0.4, 0.5) is 4.39 Å². The van der Waals surface area contributed by atoms with Gasteiger partial charge in [-0.15, -0.1) is 0 Å². The molecular formula is C17H14Cl2FNO3. The van der Waals surface area contributed by atoms with E-state index in [0.717, 1.165) is 5.56 Å². The first kappa shape index (κ1) is 18.2. The first-order chi connectivity index (χ1) is 11.4. The smallest absolute Gasteiger partial charge is 0.341 e. The molecule has 0 bridgehead atoms. The second-order valence-corrected chi connectivity index (χ2v) is 5.80. The molecule has 2 rings (SSSR count). The molecule has 1 N–H and O–H groups in total. The van der Waals surface area contributed by atoms with Crippen molar-refractivity contribution in [1.82, 2.24) is 5.32 Å². The van der Waals surface area contributed by atoms with Gasteiger partial charge in [0.2, 0.25) is 0 Å². The van der Waals surface area contributed by atoms with E-state index >= 15 is 0 Å². The number of nitrogens with one attached hydrogen (secondary N) is 1. The summed E-state index contributed by atoms with van der Waals surface area (Å²) < 4.78 is 17.9. The SMILES string of the molecule is CC(OC(=O)c1c(Cl)cccc1Cl)C(=O)NCc1ccc(F)cc1. The minimum atomic E-state index is -1.04. The summed E-state index contributed by atoms with van der Waals surface area (Å²) in [7, 11) is 0. The molecule has 0 spiro atoms. The standard InChI is InChI=1S/C17H14Cl2FNO3/c1-10(16(22)21-9-11-5-7-12(20)8-6-11)24-17(23)15-13(18)3-2-4-14(15)19/h2-8,10H,9H2,1H3,(H,21,22). The van der Waals surface area contributed by atoms with Crippen molar-refractivity contribution in [1.29, 1.82) is 0 Å². The molecule has 0 aromatic heterocycles. The van der Waals surface area contributed by atoms with E-state index in [2.05, 4.69) is 5.32 Å². The van der Waals surface area contributed by atoms with Crippen LogP contribution in [-0.4, -0.2) is 18.0 Å². The van der Waals surface area contributed by atoms with Crippen LogP contribution in [0.5, 0.6) is 0 Å². The monoisotopic (exact) mass is 369 g/mol. The normalized spacial score (nSPS) is 11.7. The Hall–Kier alpha value is -2.11. The van der Waals surface area contributed by atoms with Gasteiger partial charge in [-0.25, -0.2) is 9.18 Å². The van der Waals surface area contributed by atoms with Gasteiger partial charge in [0, 0.05) is 6.54 Å². The third kappa shape index (κ3) is 4.69. The summed E-state index contributed by atoms with van der Waals surface area (Å²) in [5, 5.41) is 2.89. The van der Waals surface area contributed by atoms with E-state index in [-0.39, 0.29) is 28.0 Å². The Labute approximate surface area is 148 Å². The van der Waals surface area contributed by atoms with E-state index in [1.54, 1.807) is 18.2 Å². The topological polar surface area (TPSA) is 55.4 Å². The Morgan fingerprint density at radius 3 is 2.29 bits per heavy atom. The lowest BCUT2D eigenvalue weighted by molar-refractivity contribution is -0.129. The summed E-state index contributed by atoms with van der Waals surface area (Å²) >= 11 is 11.8. The summed E-state index contributed by atoms with van der Waals surface area (Å²) in [4.78, 5) is 24.1. The summed E-state index contributed by atoms with van der Waals surface area (Å²) in [6.45, 7) is 1.62. The molecule has 7 heteroatoms. The summed E-state index contributed by atoms with van der Waals surface area (Å²) in [6.07, 6.45) is -1.04. The Bertz CT molecular complexity index is 730. The van der Waals surface area contributed by atoms with E-state index < -0.39 is 18.0 Å². The number of hydrogen-bond donors (Lipinski definition) is 1. The van der Waals surface area contributed by atoms with Crippen molar-refractivity contribution in [3.8, 4) is 0 Å². The molecule has 0 aliphatic rings. The van der Waals surface area contributed by atoms with Gasteiger partial charge in [0.1, 0.15) is 5.82 Å². The molecule has 0 aliphatic carbocycles. The molecule has 0 radical (unpaired) electrons. The number of hydrogen-bond acceptors (Lipinski definition) is 3. The van der Waals surface area contributed by atoms with Gasteiger partial charge in [0.15, 0.2) is 6.10 Å². The molecule has 0 fully saturated rings. The number of halogens is 3. The van der Waals surface area contributed by atoms with Crippen LogP contribution in [0.2, 0.25) is 10.0 Å². The zero-order valence-corrected chi connectivity index (χ0v) is 14.2. The highest BCUT2D eigenvalue weighted by Gasteiger charge is 2.22. The van der Waals surface area contributed by atoms with Crippen LogP contribution in [-0.2, 0) is 16.1 Å². The van der Waals surface area contributed by atoms with Crippen molar-refractivity contribution in [3.05, 3.63) is 69.5 Å². The van der Waals surface area contributed by atoms with Gasteiger partial charge in [0.25, 0.3) is 5.91 Å². The largest absolute Gasteiger partial charge is 0.449 e. The maximum Gasteiger partial charge on any atom is 0.341 e. The third-order valence-electron chi connectivity index (χ3n) is 3.20. The van der Waals surface area contributed by atoms with Crippen molar-refractivity contribution in [3.63, 3.8) is 0 Å². The van der Waals surface area contributed by atoms with Gasteiger partial charge in [0.05, 0.1) is 15.6 Å². The molecule has 0 heterocycles. The quantitative estimate of drug-likeness (QED) is 0.810. The van der Waals surface area contributed by atoms with Crippen LogP contribution in [0, 0.1) is 5.82 Å². The van der Waals surface area contributed by atoms with Crippen molar-refractivity contribution in [2.45, 2.75) is 19.6 Å². The highest BCUT2D eigenvalue weighted by molar-refractivity contribution is 6.39. The van der Waals surface area contributed by atoms with E-state index in [9.17, 15) is 14.0 Å². The first-order valence-electron chi connectivity index (χ1n) is 7.05. The summed E-state index contributed by atoms with van der Waals surface area (Å²) in [5.74, 6) is -1.63. The van der Waals surface area contributed by atoms with Crippen LogP contribution < -0.4 is 5.32 Å². The molecule has 1 unspecified atom stereocenters. The highest BCUT2D eigenvalue weighted by Crippen LogP contribution is 2.25. The summed E-state index contributed by atoms with van der Waals surface area (Å²) in [6, 6.07) is 10.3. The molecule has 0 saturated carbocycles. The predicted octanol–water partition coefficient (Wildman–Crippen LogP) is 3.99. The van der Waals surface area contributed by atoms with Crippen LogP contribution in [0.15, 0.2) is 42.5 Å². The molecule has 24 heavy (non-hydrogen) atoms. The minimum absolute atomic E-state index is 0.0130. The Balaban J connectivity index is 1.93. The molecule has 0 saturated heterocycles. The number of carbonyl (C=O) groups excluding carboxylic acids is 2. The van der Waals surface area contributed by atoms with Crippen molar-refractivity contribution < 1.29 is 18.7 Å². The number of rotatable bonds is 5. The Morgan fingerprint density at radius 2 is 1.71 bits per heavy atom. The van der Waals surface area contributed by atoms with Gasteiger partial charge in [-0.05, 0) is 36.8 Å². The van der Waals surface area contributed by atoms with Crippen LogP contribution >= 0.6 is 23.2 Å². The lowest BCUT2D eigenvalue weighted by Crippen LogP contribution is -2.35. The molecule has 126 valence electrons. The molecule has 1 atom stereocenters. The van der Waals surface area contributed by atoms with Crippen molar-refractivity contribution >= 4 is 35.1 Å². The first-order valence-corrected chi connectivity index (χ1v) is 7.81. The average molecular weight is 370 g/mol. The maximum atomic E-state index is 12.8. The fourth-order valence-electron chi connectivity index (χ4n) is 1.90. The van der Waals surface area contributed by atoms with E-state index in [4.69, 9.17) is 27.9 Å². The number of carbonyl (C=O) groups is 2. The molecule has 2 aromatic carbocycles.